The topological polar surface area (TPSA) is 144 Å². The van der Waals surface area contributed by atoms with Crippen LogP contribution >= 0.6 is 0 Å². The van der Waals surface area contributed by atoms with E-state index in [2.05, 4.69) is 0 Å². The van der Waals surface area contributed by atoms with Gasteiger partial charge >= 0.3 is 29.0 Å². The summed E-state index contributed by atoms with van der Waals surface area (Å²) in [4.78, 5) is 10.0. The summed E-state index contributed by atoms with van der Waals surface area (Å²) in [6.07, 6.45) is 0. The molecule has 14 heavy (non-hydrogen) atoms. The van der Waals surface area contributed by atoms with Crippen molar-refractivity contribution in [2.45, 2.75) is 19.9 Å². The Bertz CT molecular complexity index is 243. The van der Waals surface area contributed by atoms with Gasteiger partial charge in [-0.2, -0.15) is 0 Å². The van der Waals surface area contributed by atoms with Crippen molar-refractivity contribution < 1.29 is 27.4 Å². The molecule has 0 heterocycles. The van der Waals surface area contributed by atoms with Crippen molar-refractivity contribution in [3.63, 3.8) is 0 Å². The summed E-state index contributed by atoms with van der Waals surface area (Å²) >= 11 is 0. The molecule has 0 amide bonds. The summed E-state index contributed by atoms with van der Waals surface area (Å²) in [6.45, 7) is 3.55. The Hall–Kier alpha value is 0.0662. The zero-order valence-corrected chi connectivity index (χ0v) is 10.1. The molecule has 0 aromatic heterocycles. The Morgan fingerprint density at radius 3 is 1.57 bits per heavy atom. The first-order valence-corrected chi connectivity index (χ1v) is 4.54. The summed E-state index contributed by atoms with van der Waals surface area (Å²) in [5.74, 6) is -0.910. The Kier molecular flexibility index (Phi) is 11.7. The number of aliphatic carboxylic acids is 1. The predicted octanol–water partition coefficient (Wildman–Crippen LogP) is -1.66. The van der Waals surface area contributed by atoms with E-state index in [1.165, 1.54) is 0 Å². The molecule has 0 aromatic carbocycles. The van der Waals surface area contributed by atoms with E-state index in [0.717, 1.165) is 0 Å². The van der Waals surface area contributed by atoms with Crippen molar-refractivity contribution in [1.82, 2.24) is 0 Å². The summed E-state index contributed by atoms with van der Waals surface area (Å²) < 4.78 is 34.1. The summed E-state index contributed by atoms with van der Waals surface area (Å²) in [5.41, 5.74) is 5.16. The van der Waals surface area contributed by atoms with Gasteiger partial charge in [0, 0.05) is 10.4 Å². The molecule has 3 N–H and O–H groups in total. The second-order valence-electron chi connectivity index (χ2n) is 2.52. The van der Waals surface area contributed by atoms with Gasteiger partial charge in [0.2, 0.25) is 0 Å². The maximum Gasteiger partial charge on any atom is 2.00 e. The van der Waals surface area contributed by atoms with Crippen LogP contribution in [0.1, 0.15) is 13.8 Å². The fourth-order valence-corrected chi connectivity index (χ4v) is 0.285. The summed E-state index contributed by atoms with van der Waals surface area (Å²) in [5, 5.41) is 8.23. The number of nitrogens with two attached hydrogens (primary N) is 1. The Labute approximate surface area is 98.4 Å². The smallest absolute Gasteiger partial charge is 0.759 e. The molecule has 0 aliphatic rings. The van der Waals surface area contributed by atoms with Crippen LogP contribution in [0.4, 0.5) is 0 Å². The zero-order chi connectivity index (χ0) is 11.2. The van der Waals surface area contributed by atoms with E-state index in [-0.39, 0.29) is 29.0 Å². The van der Waals surface area contributed by atoms with Crippen LogP contribution in [0.3, 0.4) is 0 Å². The van der Waals surface area contributed by atoms with Crippen molar-refractivity contribution >= 4 is 39.4 Å². The Balaban J connectivity index is -0.000000177. The summed E-state index contributed by atoms with van der Waals surface area (Å²) in [7, 11) is -5.17. The van der Waals surface area contributed by atoms with Gasteiger partial charge in [0.15, 0.2) is 0 Å². The van der Waals surface area contributed by atoms with E-state index < -0.39 is 22.4 Å². The summed E-state index contributed by atoms with van der Waals surface area (Å²) in [6, 6.07) is -0.713. The molecule has 0 aromatic rings. The number of hydrogen-bond acceptors (Lipinski definition) is 6. The van der Waals surface area contributed by atoms with E-state index >= 15 is 0 Å². The molecule has 0 saturated carbocycles. The van der Waals surface area contributed by atoms with Crippen molar-refractivity contribution in [3.05, 3.63) is 0 Å². The van der Waals surface area contributed by atoms with Gasteiger partial charge in [-0.25, -0.2) is 0 Å². The van der Waals surface area contributed by atoms with Crippen LogP contribution in [0.15, 0.2) is 0 Å². The molecule has 1 atom stereocenters. The van der Waals surface area contributed by atoms with Crippen molar-refractivity contribution in [3.8, 4) is 0 Å². The first-order valence-electron chi connectivity index (χ1n) is 3.20. The van der Waals surface area contributed by atoms with E-state index in [0.29, 0.717) is 0 Å². The minimum atomic E-state index is -5.17. The number of carbonyl (C=O) groups is 1. The number of carboxylic acids is 1. The number of carboxylic acid groups (broad SMARTS) is 1. The molecule has 0 radical (unpaired) electrons. The fourth-order valence-electron chi connectivity index (χ4n) is 0.285. The van der Waals surface area contributed by atoms with Crippen molar-refractivity contribution in [2.24, 2.45) is 11.7 Å². The van der Waals surface area contributed by atoms with Gasteiger partial charge in [-0.3, -0.25) is 13.2 Å². The largest absolute Gasteiger partial charge is 2.00 e. The molecule has 7 nitrogen and oxygen atoms in total. The van der Waals surface area contributed by atoms with Gasteiger partial charge < -0.3 is 19.9 Å². The van der Waals surface area contributed by atoms with Crippen LogP contribution in [-0.2, 0) is 15.2 Å². The van der Waals surface area contributed by atoms with Crippen LogP contribution in [-0.4, -0.2) is 57.7 Å². The molecular weight excluding hydrogens is 226 g/mol. The molecular formula is C5H11MgNO6S. The van der Waals surface area contributed by atoms with Gasteiger partial charge in [0.05, 0.1) is 0 Å². The Morgan fingerprint density at radius 2 is 1.57 bits per heavy atom. The molecule has 0 aliphatic heterocycles. The second-order valence-corrected chi connectivity index (χ2v) is 3.33. The normalized spacial score (nSPS) is 12.1. The van der Waals surface area contributed by atoms with Gasteiger partial charge in [0.1, 0.15) is 6.04 Å². The van der Waals surface area contributed by atoms with Gasteiger partial charge in [-0.15, -0.1) is 0 Å². The molecule has 0 rings (SSSR count). The van der Waals surface area contributed by atoms with E-state index in [9.17, 15) is 4.79 Å². The van der Waals surface area contributed by atoms with E-state index in [1.807, 2.05) is 0 Å². The molecule has 0 bridgehead atoms. The quantitative estimate of drug-likeness (QED) is 0.332. The van der Waals surface area contributed by atoms with Crippen molar-refractivity contribution in [1.29, 1.82) is 0 Å². The minimum absolute atomic E-state index is 0. The van der Waals surface area contributed by atoms with Crippen LogP contribution in [0.2, 0.25) is 0 Å². The maximum atomic E-state index is 10.0. The second kappa shape index (κ2) is 8.38. The third-order valence-electron chi connectivity index (χ3n) is 1.00. The number of rotatable bonds is 2. The van der Waals surface area contributed by atoms with Gasteiger partial charge in [-0.1, -0.05) is 13.8 Å². The predicted molar refractivity (Wildman–Crippen MR) is 46.7 cm³/mol. The van der Waals surface area contributed by atoms with Crippen molar-refractivity contribution in [2.75, 3.05) is 0 Å². The van der Waals surface area contributed by atoms with Crippen LogP contribution in [0.5, 0.6) is 0 Å². The molecule has 0 saturated heterocycles. The molecule has 0 aliphatic carbocycles. The average Bonchev–Trinajstić information content (AvgIpc) is 1.81. The zero-order valence-electron chi connectivity index (χ0n) is 7.84. The minimum Gasteiger partial charge on any atom is -0.759 e. The number of hydrogen-bond donors (Lipinski definition) is 2. The maximum absolute atomic E-state index is 10.0. The molecule has 0 unspecified atom stereocenters. The van der Waals surface area contributed by atoms with E-state index in [4.69, 9.17) is 28.4 Å². The monoisotopic (exact) mass is 237 g/mol. The van der Waals surface area contributed by atoms with Gasteiger partial charge in [0.25, 0.3) is 0 Å². The first kappa shape index (κ1) is 19.6. The molecule has 0 spiro atoms. The standard InChI is InChI=1S/C5H11NO2.Mg.H2O4S/c1-3(2)4(6)5(7)8;;1-5(2,3)4/h3-4H,6H2,1-2H3,(H,7,8);;(H2,1,2,3,4)/q;+2;/p-2/t4-;;/m0../s1. The van der Waals surface area contributed by atoms with E-state index in [1.54, 1.807) is 13.8 Å². The SMILES string of the molecule is CC(C)[C@H](N)C(=O)O.O=S(=O)([O-])[O-].[Mg+2]. The van der Waals surface area contributed by atoms with Crippen LogP contribution in [0.25, 0.3) is 0 Å². The van der Waals surface area contributed by atoms with Gasteiger partial charge in [-0.05, 0) is 5.92 Å². The average molecular weight is 238 g/mol. The van der Waals surface area contributed by atoms with Crippen LogP contribution < -0.4 is 5.73 Å². The third kappa shape index (κ3) is 22.7. The molecule has 9 heteroatoms. The van der Waals surface area contributed by atoms with Crippen LogP contribution in [0, 0.1) is 5.92 Å². The third-order valence-corrected chi connectivity index (χ3v) is 1.00. The first-order chi connectivity index (χ1) is 5.55. The fraction of sp³-hybridized carbons (Fsp3) is 0.800. The molecule has 80 valence electrons. The molecule has 0 fully saturated rings. The Morgan fingerprint density at radius 1 is 1.36 bits per heavy atom.